The van der Waals surface area contributed by atoms with Gasteiger partial charge in [-0.1, -0.05) is 72.8 Å². The van der Waals surface area contributed by atoms with Gasteiger partial charge in [0.25, 0.3) is 0 Å². The van der Waals surface area contributed by atoms with Gasteiger partial charge in [0.1, 0.15) is 0 Å². The van der Waals surface area contributed by atoms with Gasteiger partial charge in [-0.3, -0.25) is 9.59 Å². The predicted octanol–water partition coefficient (Wildman–Crippen LogP) is 4.91. The normalized spacial score (nSPS) is 11.6. The van der Waals surface area contributed by atoms with Crippen LogP contribution in [-0.4, -0.2) is 35.7 Å². The van der Waals surface area contributed by atoms with Crippen molar-refractivity contribution in [3.8, 4) is 0 Å². The largest absolute Gasteiger partial charge is 0.273 e. The Morgan fingerprint density at radius 2 is 1.12 bits per heavy atom. The first-order valence-electron chi connectivity index (χ1n) is 10.9. The molecule has 2 rings (SSSR count). The predicted molar refractivity (Wildman–Crippen MR) is 140 cm³/mol. The van der Waals surface area contributed by atoms with Crippen LogP contribution in [0.5, 0.6) is 0 Å². The lowest BCUT2D eigenvalue weighted by atomic mass is 10.2. The summed E-state index contributed by atoms with van der Waals surface area (Å²) in [6.45, 7) is 0. The molecular formula is C26H30N4O2S. The summed E-state index contributed by atoms with van der Waals surface area (Å²) in [6, 6.07) is 19.8. The number of hydrogen-bond acceptors (Lipinski definition) is 5. The summed E-state index contributed by atoms with van der Waals surface area (Å²) in [4.78, 5) is 23.5. The summed E-state index contributed by atoms with van der Waals surface area (Å²) in [5.74, 6) is 1.54. The van der Waals surface area contributed by atoms with E-state index in [1.807, 2.05) is 72.8 Å². The van der Waals surface area contributed by atoms with E-state index in [2.05, 4.69) is 21.1 Å². The number of nitrogens with one attached hydrogen (secondary N) is 2. The molecule has 0 saturated carbocycles. The highest BCUT2D eigenvalue weighted by molar-refractivity contribution is 7.99. The number of carbonyl (C=O) groups is 2. The maximum atomic E-state index is 11.8. The number of thioether (sulfide) groups is 1. The van der Waals surface area contributed by atoms with E-state index >= 15 is 0 Å². The van der Waals surface area contributed by atoms with E-state index in [9.17, 15) is 9.59 Å². The van der Waals surface area contributed by atoms with Crippen molar-refractivity contribution in [1.82, 2.24) is 10.9 Å². The maximum Gasteiger partial charge on any atom is 0.240 e. The van der Waals surface area contributed by atoms with Crippen molar-refractivity contribution in [3.05, 3.63) is 83.9 Å². The molecule has 0 saturated heterocycles. The molecule has 0 unspecified atom stereocenters. The molecule has 0 aliphatic heterocycles. The smallest absolute Gasteiger partial charge is 0.240 e. The SMILES string of the molecule is O=C(CCCSCCCC(=O)NN=CC=Cc1ccccc1)NN=CC=Cc1ccccc1. The van der Waals surface area contributed by atoms with Crippen LogP contribution in [0.25, 0.3) is 12.2 Å². The second-order valence-electron chi connectivity index (χ2n) is 6.99. The molecule has 0 spiro atoms. The molecule has 2 aromatic rings. The molecule has 0 heterocycles. The summed E-state index contributed by atoms with van der Waals surface area (Å²) < 4.78 is 0. The minimum Gasteiger partial charge on any atom is -0.273 e. The third-order valence-corrected chi connectivity index (χ3v) is 5.42. The molecule has 172 valence electrons. The number of rotatable bonds is 14. The van der Waals surface area contributed by atoms with Crippen LogP contribution in [0.2, 0.25) is 0 Å². The zero-order chi connectivity index (χ0) is 23.4. The van der Waals surface area contributed by atoms with Crippen LogP contribution in [0, 0.1) is 0 Å². The lowest BCUT2D eigenvalue weighted by Gasteiger charge is -2.02. The van der Waals surface area contributed by atoms with E-state index in [0.717, 1.165) is 35.5 Å². The van der Waals surface area contributed by atoms with Crippen molar-refractivity contribution in [2.75, 3.05) is 11.5 Å². The number of carbonyl (C=O) groups excluding carboxylic acids is 2. The summed E-state index contributed by atoms with van der Waals surface area (Å²) in [5, 5.41) is 7.81. The van der Waals surface area contributed by atoms with E-state index in [-0.39, 0.29) is 11.8 Å². The molecule has 0 radical (unpaired) electrons. The van der Waals surface area contributed by atoms with Gasteiger partial charge in [-0.2, -0.15) is 22.0 Å². The molecule has 0 aromatic heterocycles. The Labute approximate surface area is 199 Å². The molecule has 2 N–H and O–H groups in total. The Morgan fingerprint density at radius 3 is 1.55 bits per heavy atom. The van der Waals surface area contributed by atoms with Crippen LogP contribution in [0.3, 0.4) is 0 Å². The Kier molecular flexibility index (Phi) is 13.4. The van der Waals surface area contributed by atoms with Crippen molar-refractivity contribution >= 4 is 48.2 Å². The Bertz CT molecular complexity index is 864. The number of nitrogens with zero attached hydrogens (tertiary/aromatic N) is 2. The van der Waals surface area contributed by atoms with Crippen LogP contribution in [0.1, 0.15) is 36.8 Å². The van der Waals surface area contributed by atoms with E-state index in [4.69, 9.17) is 0 Å². The van der Waals surface area contributed by atoms with Gasteiger partial charge in [0.05, 0.1) is 0 Å². The van der Waals surface area contributed by atoms with E-state index in [1.165, 1.54) is 0 Å². The Hall–Kier alpha value is -3.45. The van der Waals surface area contributed by atoms with Gasteiger partial charge in [-0.25, -0.2) is 10.9 Å². The topological polar surface area (TPSA) is 82.9 Å². The van der Waals surface area contributed by atoms with E-state index < -0.39 is 0 Å². The first-order chi connectivity index (χ1) is 16.2. The van der Waals surface area contributed by atoms with Crippen molar-refractivity contribution < 1.29 is 9.59 Å². The van der Waals surface area contributed by atoms with Crippen LogP contribution < -0.4 is 10.9 Å². The van der Waals surface area contributed by atoms with Gasteiger partial charge in [-0.05, 0) is 47.6 Å². The first kappa shape index (κ1) is 25.8. The molecule has 0 aliphatic carbocycles. The minimum absolute atomic E-state index is 0.0986. The van der Waals surface area contributed by atoms with Crippen LogP contribution in [0.4, 0.5) is 0 Å². The average Bonchev–Trinajstić information content (AvgIpc) is 2.84. The van der Waals surface area contributed by atoms with Gasteiger partial charge >= 0.3 is 0 Å². The summed E-state index contributed by atoms with van der Waals surface area (Å²) >= 11 is 1.74. The highest BCUT2D eigenvalue weighted by Crippen LogP contribution is 2.08. The molecule has 6 nitrogen and oxygen atoms in total. The second kappa shape index (κ2) is 17.1. The molecule has 0 atom stereocenters. The molecule has 33 heavy (non-hydrogen) atoms. The maximum absolute atomic E-state index is 11.8. The molecule has 2 aromatic carbocycles. The number of allylic oxidation sites excluding steroid dienone is 2. The van der Waals surface area contributed by atoms with E-state index in [0.29, 0.717) is 12.8 Å². The standard InChI is InChI=1S/C26H30N4O2S/c31-25(29-27-19-7-15-23-11-3-1-4-12-23)17-9-21-33-22-10-18-26(32)30-28-20-8-16-24-13-5-2-6-14-24/h1-8,11-16,19-20H,9-10,17-18,21-22H2,(H,29,31)(H,30,32). The first-order valence-corrected chi connectivity index (χ1v) is 12.0. The molecule has 0 fully saturated rings. The van der Waals surface area contributed by atoms with Gasteiger partial charge in [0.2, 0.25) is 11.8 Å². The lowest BCUT2D eigenvalue weighted by molar-refractivity contribution is -0.121. The second-order valence-corrected chi connectivity index (χ2v) is 8.21. The Morgan fingerprint density at radius 1 is 0.697 bits per heavy atom. The van der Waals surface area contributed by atoms with Crippen LogP contribution >= 0.6 is 11.8 Å². The highest BCUT2D eigenvalue weighted by Gasteiger charge is 2.01. The molecular weight excluding hydrogens is 432 g/mol. The average molecular weight is 463 g/mol. The van der Waals surface area contributed by atoms with Crippen LogP contribution in [-0.2, 0) is 9.59 Å². The molecule has 0 aliphatic rings. The minimum atomic E-state index is -0.0986. The fraction of sp³-hybridized carbons (Fsp3) is 0.231. The van der Waals surface area contributed by atoms with Gasteiger partial charge in [0, 0.05) is 25.3 Å². The number of hydrazone groups is 2. The number of benzene rings is 2. The summed E-state index contributed by atoms with van der Waals surface area (Å²) in [7, 11) is 0. The molecule has 0 bridgehead atoms. The quantitative estimate of drug-likeness (QED) is 0.238. The lowest BCUT2D eigenvalue weighted by Crippen LogP contribution is -2.17. The third-order valence-electron chi connectivity index (χ3n) is 4.26. The monoisotopic (exact) mass is 462 g/mol. The van der Waals surface area contributed by atoms with Crippen molar-refractivity contribution in [2.45, 2.75) is 25.7 Å². The zero-order valence-electron chi connectivity index (χ0n) is 18.6. The van der Waals surface area contributed by atoms with E-state index in [1.54, 1.807) is 36.3 Å². The third kappa shape index (κ3) is 13.5. The van der Waals surface area contributed by atoms with Crippen molar-refractivity contribution in [1.29, 1.82) is 0 Å². The molecule has 7 heteroatoms. The molecule has 2 amide bonds. The van der Waals surface area contributed by atoms with Crippen molar-refractivity contribution in [3.63, 3.8) is 0 Å². The number of hydrogen-bond donors (Lipinski definition) is 2. The van der Waals surface area contributed by atoms with Gasteiger partial charge in [-0.15, -0.1) is 0 Å². The van der Waals surface area contributed by atoms with Crippen molar-refractivity contribution in [2.24, 2.45) is 10.2 Å². The fourth-order valence-electron chi connectivity index (χ4n) is 2.62. The zero-order valence-corrected chi connectivity index (χ0v) is 19.4. The number of amides is 2. The summed E-state index contributed by atoms with van der Waals surface area (Å²) in [6.07, 6.45) is 12.9. The van der Waals surface area contributed by atoms with Crippen LogP contribution in [0.15, 0.2) is 83.0 Å². The fourth-order valence-corrected chi connectivity index (χ4v) is 3.53. The Balaban J connectivity index is 1.42. The van der Waals surface area contributed by atoms with Gasteiger partial charge in [0.15, 0.2) is 0 Å². The van der Waals surface area contributed by atoms with Gasteiger partial charge < -0.3 is 0 Å². The highest BCUT2D eigenvalue weighted by atomic mass is 32.2. The summed E-state index contributed by atoms with van der Waals surface area (Å²) in [5.41, 5.74) is 7.20.